The molecule has 7 rings (SSSR count). The number of hydrogen-bond donors (Lipinski definition) is 0. The summed E-state index contributed by atoms with van der Waals surface area (Å²) in [7, 11) is -3.85. The van der Waals surface area contributed by atoms with Gasteiger partial charge in [-0.1, -0.05) is 103 Å². The van der Waals surface area contributed by atoms with Crippen molar-refractivity contribution < 1.29 is 19.5 Å². The summed E-state index contributed by atoms with van der Waals surface area (Å²) < 4.78 is 0. The molecule has 40 heavy (non-hydrogen) atoms. The van der Waals surface area contributed by atoms with E-state index >= 15 is 0 Å². The van der Waals surface area contributed by atoms with Crippen LogP contribution < -0.4 is 0 Å². The van der Waals surface area contributed by atoms with Gasteiger partial charge in [-0.25, -0.2) is 0 Å². The molecule has 0 atom stereocenters. The van der Waals surface area contributed by atoms with Crippen LogP contribution in [-0.4, -0.2) is 34.0 Å². The molecular formula is C37H36P2Ru+2. The maximum atomic E-state index is 2.54. The van der Waals surface area contributed by atoms with E-state index in [0.29, 0.717) is 39.4 Å². The molecule has 0 heterocycles. The summed E-state index contributed by atoms with van der Waals surface area (Å²) in [5, 5.41) is 0.436. The van der Waals surface area contributed by atoms with Gasteiger partial charge in [0.05, 0.1) is 14.5 Å². The molecule has 0 spiro atoms. The molecule has 0 saturated carbocycles. The summed E-state index contributed by atoms with van der Waals surface area (Å²) in [5.74, 6) is 0. The summed E-state index contributed by atoms with van der Waals surface area (Å²) in [6.07, 6.45) is 58.2. The summed E-state index contributed by atoms with van der Waals surface area (Å²) in [5.41, 5.74) is 4.09. The monoisotopic (exact) mass is 644 g/mol. The third-order valence-corrected chi connectivity index (χ3v) is 22.4. The van der Waals surface area contributed by atoms with Gasteiger partial charge < -0.3 is 0 Å². The Morgan fingerprint density at radius 3 is 0.800 bits per heavy atom. The van der Waals surface area contributed by atoms with E-state index in [-0.39, 0.29) is 19.5 Å². The average Bonchev–Trinajstić information content (AvgIpc) is 3.84. The average molecular weight is 644 g/mol. The molecule has 1 aromatic carbocycles. The van der Waals surface area contributed by atoms with Crippen LogP contribution in [0.3, 0.4) is 0 Å². The zero-order chi connectivity index (χ0) is 26.1. The van der Waals surface area contributed by atoms with E-state index in [0.717, 1.165) is 0 Å². The third-order valence-electron chi connectivity index (χ3n) is 9.41. The number of benzene rings is 1. The van der Waals surface area contributed by atoms with Crippen LogP contribution in [0.15, 0.2) is 176 Å². The van der Waals surface area contributed by atoms with Gasteiger partial charge in [-0.15, -0.1) is 0 Å². The van der Waals surface area contributed by atoms with Gasteiger partial charge in [0.15, 0.2) is 5.40 Å². The van der Waals surface area contributed by atoms with Crippen LogP contribution >= 0.6 is 14.5 Å². The first-order chi connectivity index (χ1) is 19.4. The smallest absolute Gasteiger partial charge is 0.0622 e. The van der Waals surface area contributed by atoms with Gasteiger partial charge in [0.25, 0.3) is 0 Å². The molecule has 0 aromatic heterocycles. The molecule has 0 N–H and O–H groups in total. The van der Waals surface area contributed by atoms with Crippen LogP contribution in [0.2, 0.25) is 0 Å². The molecule has 6 aliphatic rings. The maximum absolute atomic E-state index is 2.54. The van der Waals surface area contributed by atoms with Crippen LogP contribution in [0.5, 0.6) is 0 Å². The van der Waals surface area contributed by atoms with E-state index < -0.39 is 14.5 Å². The minimum Gasteiger partial charge on any atom is -0.0622 e. The molecule has 0 aliphatic heterocycles. The first-order valence-corrected chi connectivity index (χ1v) is 18.4. The summed E-state index contributed by atoms with van der Waals surface area (Å²) in [6.45, 7) is 0. The van der Waals surface area contributed by atoms with Crippen molar-refractivity contribution in [2.24, 2.45) is 0 Å². The van der Waals surface area contributed by atoms with E-state index in [4.69, 9.17) is 0 Å². The van der Waals surface area contributed by atoms with Gasteiger partial charge in [0.2, 0.25) is 0 Å². The van der Waals surface area contributed by atoms with Crippen molar-refractivity contribution in [3.05, 3.63) is 182 Å². The van der Waals surface area contributed by atoms with Gasteiger partial charge in [-0.3, -0.25) is 0 Å². The third kappa shape index (κ3) is 4.29. The van der Waals surface area contributed by atoms with Crippen molar-refractivity contribution in [1.82, 2.24) is 0 Å². The standard InChI is InChI=1S/C37H36P2.Ru/c1-2-16-30(17-3-1)37(38(31-18-4-5-19-31,32-20-6-7-21-32)33-22-8-9-23-33)39(34-24-10-11-25-34,35-26-12-13-27-35)36-28-14-15-29-36;/h1-29,31-37H;/q+2;. The van der Waals surface area contributed by atoms with Crippen molar-refractivity contribution in [3.63, 3.8) is 0 Å². The second kappa shape index (κ2) is 11.8. The zero-order valence-electron chi connectivity index (χ0n) is 22.5. The van der Waals surface area contributed by atoms with Gasteiger partial charge in [-0.2, -0.15) is 0 Å². The predicted molar refractivity (Wildman–Crippen MR) is 175 cm³/mol. The van der Waals surface area contributed by atoms with E-state index in [9.17, 15) is 0 Å². The van der Waals surface area contributed by atoms with Crippen molar-refractivity contribution in [1.29, 1.82) is 0 Å². The molecule has 0 fully saturated rings. The molecule has 0 amide bonds. The Kier molecular flexibility index (Phi) is 8.20. The molecule has 0 saturated heterocycles. The second-order valence-corrected chi connectivity index (χ2v) is 19.7. The molecule has 6 aliphatic carbocycles. The first kappa shape index (κ1) is 27.7. The van der Waals surface area contributed by atoms with Crippen LogP contribution in [0.1, 0.15) is 11.0 Å². The van der Waals surface area contributed by atoms with Crippen LogP contribution in [0.25, 0.3) is 0 Å². The topological polar surface area (TPSA) is 0 Å². The minimum absolute atomic E-state index is 0. The number of hydrogen-bond acceptors (Lipinski definition) is 0. The van der Waals surface area contributed by atoms with Gasteiger partial charge in [0, 0.05) is 25.0 Å². The van der Waals surface area contributed by atoms with Crippen molar-refractivity contribution in [3.8, 4) is 0 Å². The van der Waals surface area contributed by atoms with E-state index in [1.807, 2.05) is 0 Å². The maximum Gasteiger partial charge on any atom is 0.198 e. The Labute approximate surface area is 253 Å². The molecule has 0 bridgehead atoms. The fourth-order valence-electron chi connectivity index (χ4n) is 7.97. The number of rotatable bonds is 9. The fourth-order valence-corrected chi connectivity index (χ4v) is 24.0. The molecule has 0 radical (unpaired) electrons. The summed E-state index contributed by atoms with van der Waals surface area (Å²) in [6, 6.07) is 11.7. The zero-order valence-corrected chi connectivity index (χ0v) is 26.1. The van der Waals surface area contributed by atoms with Crippen LogP contribution in [-0.2, 0) is 19.5 Å². The molecule has 0 unspecified atom stereocenters. The molecule has 1 aromatic rings. The fraction of sp³-hybridized carbons (Fsp3) is 0.189. The van der Waals surface area contributed by atoms with Crippen molar-refractivity contribution in [2.45, 2.75) is 39.4 Å². The van der Waals surface area contributed by atoms with Crippen molar-refractivity contribution >= 4 is 14.5 Å². The molecular weight excluding hydrogens is 607 g/mol. The van der Waals surface area contributed by atoms with E-state index in [1.54, 1.807) is 0 Å². The Balaban J connectivity index is 0.00000289. The minimum atomic E-state index is -1.92. The predicted octanol–water partition coefficient (Wildman–Crippen LogP) is 9.69. The van der Waals surface area contributed by atoms with Gasteiger partial charge in [0.1, 0.15) is 34.0 Å². The van der Waals surface area contributed by atoms with Gasteiger partial charge in [-0.05, 0) is 72.9 Å². The normalized spacial score (nSPS) is 22.2. The summed E-state index contributed by atoms with van der Waals surface area (Å²) in [4.78, 5) is 0. The second-order valence-electron chi connectivity index (χ2n) is 11.1. The SMILES string of the molecule is C1=CC([P+](C2C=CC=C2)(C2C=CC=C2)C(c2ccccc2)[P+](C2C=CC=C2)(C2C=CC=C2)C2C=CC=C2)C=C1.[Ru]. The Morgan fingerprint density at radius 1 is 0.350 bits per heavy atom. The Hall–Kier alpha value is -2.42. The van der Waals surface area contributed by atoms with Crippen LogP contribution in [0, 0.1) is 0 Å². The Bertz CT molecular complexity index is 1160. The molecule has 3 heteroatoms. The van der Waals surface area contributed by atoms with E-state index in [2.05, 4.69) is 176 Å². The molecule has 200 valence electrons. The van der Waals surface area contributed by atoms with Crippen LogP contribution in [0.4, 0.5) is 0 Å². The van der Waals surface area contributed by atoms with Gasteiger partial charge >= 0.3 is 0 Å². The Morgan fingerprint density at radius 2 is 0.575 bits per heavy atom. The van der Waals surface area contributed by atoms with E-state index in [1.165, 1.54) is 5.56 Å². The summed E-state index contributed by atoms with van der Waals surface area (Å²) >= 11 is 0. The largest absolute Gasteiger partial charge is 0.198 e. The van der Waals surface area contributed by atoms with Crippen molar-refractivity contribution in [2.75, 3.05) is 0 Å². The number of allylic oxidation sites excluding steroid dienone is 24. The molecule has 0 nitrogen and oxygen atoms in total. The first-order valence-electron chi connectivity index (χ1n) is 14.3. The quantitative estimate of drug-likeness (QED) is 0.186.